The lowest BCUT2D eigenvalue weighted by atomic mass is 9.81. The minimum absolute atomic E-state index is 0.0816. The molecule has 1 aromatic heterocycles. The summed E-state index contributed by atoms with van der Waals surface area (Å²) < 4.78 is 11.9. The molecule has 1 aliphatic heterocycles. The number of aromatic nitrogens is 1. The minimum atomic E-state index is -0.385. The summed E-state index contributed by atoms with van der Waals surface area (Å²) in [6.45, 7) is 0.230. The topological polar surface area (TPSA) is 60.5 Å². The molecule has 1 saturated carbocycles. The molecule has 2 aromatic carbocycles. The molecule has 27 heavy (non-hydrogen) atoms. The summed E-state index contributed by atoms with van der Waals surface area (Å²) >= 11 is 1.70. The maximum atomic E-state index is 13.3. The second-order valence-corrected chi connectivity index (χ2v) is 8.38. The van der Waals surface area contributed by atoms with E-state index in [0.29, 0.717) is 12.2 Å². The van der Waals surface area contributed by atoms with Gasteiger partial charge in [-0.15, -0.1) is 11.3 Å². The van der Waals surface area contributed by atoms with Crippen LogP contribution in [0, 0.1) is 5.41 Å². The third-order valence-electron chi connectivity index (χ3n) is 5.50. The molecule has 5 nitrogen and oxygen atoms in total. The van der Waals surface area contributed by atoms with Crippen molar-refractivity contribution in [1.82, 2.24) is 4.98 Å². The van der Waals surface area contributed by atoms with Crippen molar-refractivity contribution < 1.29 is 14.3 Å². The van der Waals surface area contributed by atoms with Crippen molar-refractivity contribution in [2.45, 2.75) is 32.1 Å². The molecule has 0 bridgehead atoms. The second-order valence-electron chi connectivity index (χ2n) is 7.26. The average molecular weight is 380 g/mol. The number of thiazole rings is 1. The van der Waals surface area contributed by atoms with Crippen LogP contribution < -0.4 is 14.8 Å². The highest BCUT2D eigenvalue weighted by atomic mass is 32.1. The fraction of sp³-hybridized carbons (Fsp3) is 0.333. The van der Waals surface area contributed by atoms with E-state index in [9.17, 15) is 4.79 Å². The van der Waals surface area contributed by atoms with Crippen molar-refractivity contribution in [3.63, 3.8) is 0 Å². The monoisotopic (exact) mass is 380 g/mol. The molecule has 2 heterocycles. The van der Waals surface area contributed by atoms with Crippen LogP contribution in [0.4, 0.5) is 5.69 Å². The van der Waals surface area contributed by atoms with Gasteiger partial charge in [-0.2, -0.15) is 0 Å². The quantitative estimate of drug-likeness (QED) is 0.708. The van der Waals surface area contributed by atoms with Crippen molar-refractivity contribution in [2.75, 3.05) is 12.1 Å². The number of nitrogens with one attached hydrogen (secondary N) is 1. The van der Waals surface area contributed by atoms with E-state index in [4.69, 9.17) is 14.5 Å². The highest BCUT2D eigenvalue weighted by molar-refractivity contribution is 7.18. The Morgan fingerprint density at radius 1 is 1.11 bits per heavy atom. The summed E-state index contributed by atoms with van der Waals surface area (Å²) in [6, 6.07) is 13.7. The Labute approximate surface area is 161 Å². The third kappa shape index (κ3) is 3.04. The first-order valence-electron chi connectivity index (χ1n) is 9.27. The van der Waals surface area contributed by atoms with Crippen LogP contribution in [0.1, 0.15) is 30.7 Å². The van der Waals surface area contributed by atoms with Crippen LogP contribution in [0.25, 0.3) is 10.2 Å². The van der Waals surface area contributed by atoms with Crippen molar-refractivity contribution in [3.05, 3.63) is 47.5 Å². The molecule has 0 unspecified atom stereocenters. The number of anilines is 1. The lowest BCUT2D eigenvalue weighted by Crippen LogP contribution is -2.35. The van der Waals surface area contributed by atoms with Gasteiger partial charge in [0.05, 0.1) is 20.6 Å². The van der Waals surface area contributed by atoms with Crippen LogP contribution >= 0.6 is 11.3 Å². The zero-order valence-corrected chi connectivity index (χ0v) is 15.7. The van der Waals surface area contributed by atoms with Gasteiger partial charge in [-0.25, -0.2) is 4.98 Å². The Balaban J connectivity index is 1.39. The molecule has 1 amide bonds. The number of hydrogen-bond acceptors (Lipinski definition) is 5. The lowest BCUT2D eigenvalue weighted by molar-refractivity contribution is -0.125. The molecule has 138 valence electrons. The van der Waals surface area contributed by atoms with Gasteiger partial charge in [-0.3, -0.25) is 4.79 Å². The average Bonchev–Trinajstić information content (AvgIpc) is 3.40. The van der Waals surface area contributed by atoms with Gasteiger partial charge in [0, 0.05) is 18.2 Å². The lowest BCUT2D eigenvalue weighted by Gasteiger charge is -2.26. The van der Waals surface area contributed by atoms with Crippen LogP contribution in [0.15, 0.2) is 42.5 Å². The number of rotatable bonds is 4. The number of fused-ring (bicyclic) bond motifs is 2. The van der Waals surface area contributed by atoms with E-state index in [1.807, 2.05) is 36.4 Å². The van der Waals surface area contributed by atoms with Gasteiger partial charge in [0.15, 0.2) is 11.5 Å². The van der Waals surface area contributed by atoms with E-state index in [1.54, 1.807) is 11.3 Å². The number of carbonyl (C=O) groups is 1. The molecule has 0 atom stereocenters. The molecule has 1 aliphatic carbocycles. The van der Waals surface area contributed by atoms with E-state index >= 15 is 0 Å². The van der Waals surface area contributed by atoms with Crippen LogP contribution in [-0.2, 0) is 11.2 Å². The number of para-hydroxylation sites is 1. The van der Waals surface area contributed by atoms with E-state index in [0.717, 1.165) is 47.6 Å². The van der Waals surface area contributed by atoms with Crippen molar-refractivity contribution in [3.8, 4) is 11.5 Å². The van der Waals surface area contributed by atoms with Crippen LogP contribution in [0.5, 0.6) is 11.5 Å². The second kappa shape index (κ2) is 6.53. The smallest absolute Gasteiger partial charge is 0.231 e. The van der Waals surface area contributed by atoms with E-state index in [2.05, 4.69) is 11.4 Å². The van der Waals surface area contributed by atoms with Crippen molar-refractivity contribution in [1.29, 1.82) is 0 Å². The largest absolute Gasteiger partial charge is 0.454 e. The zero-order chi connectivity index (χ0) is 18.3. The van der Waals surface area contributed by atoms with Crippen LogP contribution in [0.2, 0.25) is 0 Å². The van der Waals surface area contributed by atoms with E-state index in [-0.39, 0.29) is 18.1 Å². The summed E-state index contributed by atoms with van der Waals surface area (Å²) in [5.41, 5.74) is 1.38. The highest BCUT2D eigenvalue weighted by Gasteiger charge is 2.42. The van der Waals surface area contributed by atoms with Gasteiger partial charge in [-0.05, 0) is 37.1 Å². The summed E-state index contributed by atoms with van der Waals surface area (Å²) in [4.78, 5) is 18.0. The van der Waals surface area contributed by atoms with Crippen molar-refractivity contribution >= 4 is 33.1 Å². The first-order valence-corrected chi connectivity index (χ1v) is 10.1. The van der Waals surface area contributed by atoms with Gasteiger partial charge in [0.2, 0.25) is 12.7 Å². The summed E-state index contributed by atoms with van der Waals surface area (Å²) in [6.07, 6.45) is 4.67. The van der Waals surface area contributed by atoms with Crippen LogP contribution in [0.3, 0.4) is 0 Å². The molecule has 0 saturated heterocycles. The maximum absolute atomic E-state index is 13.3. The fourth-order valence-corrected chi connectivity index (χ4v) is 5.17. The van der Waals surface area contributed by atoms with Gasteiger partial charge in [0.25, 0.3) is 0 Å². The normalized spacial score (nSPS) is 17.3. The van der Waals surface area contributed by atoms with Gasteiger partial charge in [0.1, 0.15) is 0 Å². The number of ether oxygens (including phenoxy) is 2. The number of amides is 1. The van der Waals surface area contributed by atoms with E-state index in [1.165, 1.54) is 4.70 Å². The molecule has 5 rings (SSSR count). The Hall–Kier alpha value is -2.60. The number of hydrogen-bond donors (Lipinski definition) is 1. The first kappa shape index (κ1) is 16.6. The van der Waals surface area contributed by atoms with Gasteiger partial charge < -0.3 is 14.8 Å². The molecular weight excluding hydrogens is 360 g/mol. The summed E-state index contributed by atoms with van der Waals surface area (Å²) in [5, 5.41) is 4.15. The molecule has 0 radical (unpaired) electrons. The standard InChI is InChI=1S/C21H20N2O3S/c24-20(22-14-7-8-16-17(11-14)26-13-25-16)21(9-3-4-10-21)12-19-23-15-5-1-2-6-18(15)27-19/h1-2,5-8,11H,3-4,9-10,12-13H2,(H,22,24). The molecule has 1 N–H and O–H groups in total. The fourth-order valence-electron chi connectivity index (χ4n) is 4.06. The van der Waals surface area contributed by atoms with Gasteiger partial charge >= 0.3 is 0 Å². The molecular formula is C21H20N2O3S. The Kier molecular flexibility index (Phi) is 4.01. The number of carbonyl (C=O) groups excluding carboxylic acids is 1. The van der Waals surface area contributed by atoms with E-state index < -0.39 is 0 Å². The SMILES string of the molecule is O=C(Nc1ccc2c(c1)OCO2)C1(Cc2nc3ccccc3s2)CCCC1. The predicted octanol–water partition coefficient (Wildman–Crippen LogP) is 4.77. The van der Waals surface area contributed by atoms with Crippen molar-refractivity contribution in [2.24, 2.45) is 5.41 Å². The first-order chi connectivity index (χ1) is 13.2. The Morgan fingerprint density at radius 2 is 1.93 bits per heavy atom. The molecule has 3 aromatic rings. The molecule has 0 spiro atoms. The Morgan fingerprint density at radius 3 is 2.78 bits per heavy atom. The summed E-state index contributed by atoms with van der Waals surface area (Å²) in [7, 11) is 0. The predicted molar refractivity (Wildman–Crippen MR) is 105 cm³/mol. The van der Waals surface area contributed by atoms with Crippen LogP contribution in [-0.4, -0.2) is 17.7 Å². The molecule has 6 heteroatoms. The molecule has 1 fully saturated rings. The number of benzene rings is 2. The zero-order valence-electron chi connectivity index (χ0n) is 14.9. The number of nitrogens with zero attached hydrogens (tertiary/aromatic N) is 1. The molecule has 2 aliphatic rings. The third-order valence-corrected chi connectivity index (χ3v) is 6.54. The summed E-state index contributed by atoms with van der Waals surface area (Å²) in [5.74, 6) is 1.48. The van der Waals surface area contributed by atoms with Gasteiger partial charge in [-0.1, -0.05) is 25.0 Å². The highest BCUT2D eigenvalue weighted by Crippen LogP contribution is 2.43. The minimum Gasteiger partial charge on any atom is -0.454 e. The maximum Gasteiger partial charge on any atom is 0.231 e. The Bertz CT molecular complexity index is 975.